The van der Waals surface area contributed by atoms with E-state index in [0.29, 0.717) is 56.6 Å². The zero-order chi connectivity index (χ0) is 26.3. The number of piperidine rings is 1. The van der Waals surface area contributed by atoms with Crippen LogP contribution in [0.15, 0.2) is 24.3 Å². The first-order valence-corrected chi connectivity index (χ1v) is 12.9. The molecule has 4 heterocycles. The first kappa shape index (κ1) is 25.0. The number of rotatable bonds is 4. The van der Waals surface area contributed by atoms with Crippen LogP contribution >= 0.6 is 0 Å². The quantitative estimate of drug-likeness (QED) is 0.574. The van der Waals surface area contributed by atoms with Crippen molar-refractivity contribution in [3.05, 3.63) is 29.8 Å². The van der Waals surface area contributed by atoms with E-state index in [2.05, 4.69) is 10.6 Å². The normalized spacial score (nSPS) is 27.8. The number of hydrogen-bond donors (Lipinski definition) is 2. The molecule has 4 unspecified atom stereocenters. The van der Waals surface area contributed by atoms with Crippen LogP contribution in [-0.4, -0.2) is 102 Å². The fourth-order valence-corrected chi connectivity index (χ4v) is 6.06. The molecule has 0 aliphatic carbocycles. The van der Waals surface area contributed by atoms with Crippen molar-refractivity contribution in [2.75, 3.05) is 33.3 Å². The van der Waals surface area contributed by atoms with Gasteiger partial charge in [-0.2, -0.15) is 0 Å². The summed E-state index contributed by atoms with van der Waals surface area (Å²) in [5.74, 6) is -0.462. The number of nitrogens with zero attached hydrogens (tertiary/aromatic N) is 3. The molecule has 4 aliphatic rings. The molecule has 2 N–H and O–H groups in total. The molecule has 1 aromatic carbocycles. The number of nitrogens with one attached hydrogen (secondary N) is 2. The van der Waals surface area contributed by atoms with Gasteiger partial charge < -0.3 is 30.1 Å². The maximum absolute atomic E-state index is 13.7. The van der Waals surface area contributed by atoms with Crippen LogP contribution in [0.4, 0.5) is 0 Å². The van der Waals surface area contributed by atoms with Crippen LogP contribution in [0.2, 0.25) is 0 Å². The summed E-state index contributed by atoms with van der Waals surface area (Å²) in [4.78, 5) is 69.6. The number of ether oxygens (including phenoxy) is 1. The molecule has 4 aliphatic heterocycles. The molecule has 198 valence electrons. The molecular weight excluding hydrogens is 478 g/mol. The van der Waals surface area contributed by atoms with Crippen molar-refractivity contribution in [2.24, 2.45) is 5.92 Å². The number of carbonyl (C=O) groups is 5. The first-order chi connectivity index (χ1) is 17.8. The van der Waals surface area contributed by atoms with Crippen molar-refractivity contribution in [1.82, 2.24) is 25.3 Å². The van der Waals surface area contributed by atoms with Gasteiger partial charge >= 0.3 is 0 Å². The van der Waals surface area contributed by atoms with E-state index in [9.17, 15) is 24.0 Å². The second-order valence-corrected chi connectivity index (χ2v) is 10.3. The molecule has 0 bridgehead atoms. The Morgan fingerprint density at radius 3 is 2.38 bits per heavy atom. The second kappa shape index (κ2) is 10.0. The second-order valence-electron chi connectivity index (χ2n) is 10.3. The van der Waals surface area contributed by atoms with Gasteiger partial charge in [0.05, 0.1) is 13.2 Å². The molecule has 4 saturated heterocycles. The van der Waals surface area contributed by atoms with Crippen LogP contribution in [0.25, 0.3) is 0 Å². The molecule has 4 atom stereocenters. The maximum atomic E-state index is 13.7. The molecule has 1 aromatic rings. The highest BCUT2D eigenvalue weighted by Crippen LogP contribution is 2.31. The number of methoxy groups -OCH3 is 1. The minimum Gasteiger partial charge on any atom is -0.497 e. The summed E-state index contributed by atoms with van der Waals surface area (Å²) < 4.78 is 5.13. The van der Waals surface area contributed by atoms with Crippen molar-refractivity contribution < 1.29 is 28.7 Å². The fourth-order valence-electron chi connectivity index (χ4n) is 6.06. The summed E-state index contributed by atoms with van der Waals surface area (Å²) in [6, 6.07) is 4.48. The molecule has 0 aromatic heterocycles. The number of amides is 5. The van der Waals surface area contributed by atoms with Crippen molar-refractivity contribution in [3.63, 3.8) is 0 Å². The molecule has 5 rings (SSSR count). The third-order valence-electron chi connectivity index (χ3n) is 8.13. The van der Waals surface area contributed by atoms with Gasteiger partial charge in [-0.25, -0.2) is 0 Å². The predicted molar refractivity (Wildman–Crippen MR) is 131 cm³/mol. The van der Waals surface area contributed by atoms with Crippen LogP contribution in [0.5, 0.6) is 5.75 Å². The van der Waals surface area contributed by atoms with Gasteiger partial charge in [-0.1, -0.05) is 0 Å². The van der Waals surface area contributed by atoms with E-state index in [0.717, 1.165) is 0 Å². The Morgan fingerprint density at radius 1 is 1.03 bits per heavy atom. The van der Waals surface area contributed by atoms with E-state index in [-0.39, 0.29) is 48.0 Å². The van der Waals surface area contributed by atoms with Crippen molar-refractivity contribution in [3.8, 4) is 5.75 Å². The highest BCUT2D eigenvalue weighted by atomic mass is 16.5. The van der Waals surface area contributed by atoms with Crippen LogP contribution in [0.1, 0.15) is 43.0 Å². The van der Waals surface area contributed by atoms with Crippen LogP contribution in [-0.2, 0) is 19.2 Å². The monoisotopic (exact) mass is 511 g/mol. The molecule has 11 heteroatoms. The van der Waals surface area contributed by atoms with Gasteiger partial charge in [0, 0.05) is 50.6 Å². The van der Waals surface area contributed by atoms with Crippen molar-refractivity contribution in [2.45, 2.75) is 56.8 Å². The van der Waals surface area contributed by atoms with Crippen LogP contribution in [0.3, 0.4) is 0 Å². The summed E-state index contributed by atoms with van der Waals surface area (Å²) >= 11 is 0. The minimum atomic E-state index is -0.747. The molecule has 4 fully saturated rings. The predicted octanol–water partition coefficient (Wildman–Crippen LogP) is -0.248. The Morgan fingerprint density at radius 2 is 1.73 bits per heavy atom. The topological polar surface area (TPSA) is 128 Å². The van der Waals surface area contributed by atoms with Crippen LogP contribution < -0.4 is 15.4 Å². The van der Waals surface area contributed by atoms with E-state index in [1.165, 1.54) is 11.8 Å². The number of benzene rings is 1. The first-order valence-electron chi connectivity index (χ1n) is 12.9. The van der Waals surface area contributed by atoms with Gasteiger partial charge in [0.1, 0.15) is 17.8 Å². The lowest BCUT2D eigenvalue weighted by Crippen LogP contribution is -2.54. The standard InChI is InChI=1S/C26H33N5O6/c1-15(32)29-10-7-17(8-11-29)25(35)30-12-9-20-22(30)26(36)31-14-18(13-21(31)24(34)28-20)27-23(33)16-3-5-19(37-2)6-4-16/h3-6,17-18,20-22H,7-14H2,1-2H3,(H,27,33)(H,28,34). The zero-order valence-electron chi connectivity index (χ0n) is 21.1. The molecule has 0 saturated carbocycles. The lowest BCUT2D eigenvalue weighted by atomic mass is 9.94. The number of fused-ring (bicyclic) bond motifs is 2. The lowest BCUT2D eigenvalue weighted by Gasteiger charge is -2.35. The van der Waals surface area contributed by atoms with Gasteiger partial charge in [-0.05, 0) is 49.9 Å². The molecular formula is C26H33N5O6. The Labute approximate surface area is 215 Å². The van der Waals surface area contributed by atoms with E-state index in [1.54, 1.807) is 41.2 Å². The van der Waals surface area contributed by atoms with Gasteiger partial charge in [0.2, 0.25) is 23.6 Å². The van der Waals surface area contributed by atoms with Crippen LogP contribution in [0, 0.1) is 5.92 Å². The summed E-state index contributed by atoms with van der Waals surface area (Å²) in [7, 11) is 1.55. The summed E-state index contributed by atoms with van der Waals surface area (Å²) in [5.41, 5.74) is 0.460. The summed E-state index contributed by atoms with van der Waals surface area (Å²) in [5, 5.41) is 5.94. The highest BCUT2D eigenvalue weighted by molar-refractivity contribution is 5.98. The minimum absolute atomic E-state index is 0.00232. The smallest absolute Gasteiger partial charge is 0.251 e. The lowest BCUT2D eigenvalue weighted by molar-refractivity contribution is -0.148. The molecule has 0 spiro atoms. The molecule has 0 radical (unpaired) electrons. The third-order valence-corrected chi connectivity index (χ3v) is 8.13. The highest BCUT2D eigenvalue weighted by Gasteiger charge is 2.53. The number of likely N-dealkylation sites (tertiary alicyclic amines) is 2. The molecule has 37 heavy (non-hydrogen) atoms. The largest absolute Gasteiger partial charge is 0.497 e. The van der Waals surface area contributed by atoms with E-state index >= 15 is 0 Å². The SMILES string of the molecule is COc1ccc(C(=O)NC2CC3C(=O)NC4CCN(C(=O)C5CCN(C(C)=O)CC5)C4C(=O)N3C2)cc1. The number of hydrogen-bond acceptors (Lipinski definition) is 6. The Bertz CT molecular complexity index is 1100. The van der Waals surface area contributed by atoms with E-state index in [1.807, 2.05) is 0 Å². The summed E-state index contributed by atoms with van der Waals surface area (Å²) in [6.45, 7) is 3.20. The Hall–Kier alpha value is -3.63. The van der Waals surface area contributed by atoms with Gasteiger partial charge in [-0.15, -0.1) is 0 Å². The summed E-state index contributed by atoms with van der Waals surface area (Å²) in [6.07, 6.45) is 1.98. The average Bonchev–Trinajstić information content (AvgIpc) is 3.50. The van der Waals surface area contributed by atoms with Gasteiger partial charge in [0.15, 0.2) is 0 Å². The third kappa shape index (κ3) is 4.74. The van der Waals surface area contributed by atoms with Gasteiger partial charge in [0.25, 0.3) is 5.91 Å². The van der Waals surface area contributed by atoms with E-state index < -0.39 is 18.1 Å². The fraction of sp³-hybridized carbons (Fsp3) is 0.577. The van der Waals surface area contributed by atoms with Gasteiger partial charge in [-0.3, -0.25) is 24.0 Å². The number of carbonyl (C=O) groups excluding carboxylic acids is 5. The van der Waals surface area contributed by atoms with E-state index in [4.69, 9.17) is 4.74 Å². The Balaban J connectivity index is 1.26. The zero-order valence-corrected chi connectivity index (χ0v) is 21.1. The molecule has 5 amide bonds. The van der Waals surface area contributed by atoms with Crippen molar-refractivity contribution in [1.29, 1.82) is 0 Å². The van der Waals surface area contributed by atoms with Crippen molar-refractivity contribution >= 4 is 29.5 Å². The average molecular weight is 512 g/mol. The molecule has 11 nitrogen and oxygen atoms in total. The maximum Gasteiger partial charge on any atom is 0.251 e. The Kier molecular flexibility index (Phi) is 6.78.